The van der Waals surface area contributed by atoms with Crippen molar-refractivity contribution in [2.45, 2.75) is 11.9 Å². The Kier molecular flexibility index (Phi) is 5.13. The number of nitrogens with one attached hydrogen (secondary N) is 1. The second kappa shape index (κ2) is 7.75. The predicted octanol–water partition coefficient (Wildman–Crippen LogP) is 2.51. The van der Waals surface area contributed by atoms with Crippen LogP contribution in [0.1, 0.15) is 16.6 Å². The molecule has 1 N–H and O–H groups in total. The Bertz CT molecular complexity index is 1270. The molecule has 1 aromatic heterocycles. The van der Waals surface area contributed by atoms with Crippen molar-refractivity contribution in [1.29, 1.82) is 0 Å². The van der Waals surface area contributed by atoms with E-state index in [1.54, 1.807) is 43.4 Å². The predicted molar refractivity (Wildman–Crippen MR) is 115 cm³/mol. The highest BCUT2D eigenvalue weighted by atomic mass is 32.2. The van der Waals surface area contributed by atoms with E-state index < -0.39 is 15.7 Å². The maximum absolute atomic E-state index is 12.5. The molecule has 1 fully saturated rings. The van der Waals surface area contributed by atoms with E-state index in [-0.39, 0.29) is 23.3 Å². The molecule has 0 aliphatic carbocycles. The molecule has 0 saturated carbocycles. The van der Waals surface area contributed by atoms with Gasteiger partial charge in [0.2, 0.25) is 5.91 Å². The molecule has 3 aromatic rings. The number of para-hydroxylation sites is 1. The van der Waals surface area contributed by atoms with E-state index >= 15 is 0 Å². The fraction of sp³-hybridized carbons (Fsp3) is 0.190. The highest BCUT2D eigenvalue weighted by Crippen LogP contribution is 2.42. The van der Waals surface area contributed by atoms with Gasteiger partial charge in [0.15, 0.2) is 11.5 Å². The molecule has 154 valence electrons. The molecule has 0 radical (unpaired) electrons. The first-order valence-corrected chi connectivity index (χ1v) is 10.5. The van der Waals surface area contributed by atoms with Crippen LogP contribution in [0.5, 0.6) is 11.5 Å². The minimum absolute atomic E-state index is 0.0500. The summed E-state index contributed by atoms with van der Waals surface area (Å²) in [5.74, 6) is 4.73. The van der Waals surface area contributed by atoms with Crippen molar-refractivity contribution in [1.82, 2.24) is 14.9 Å². The Balaban J connectivity index is 1.62. The van der Waals surface area contributed by atoms with Gasteiger partial charge in [-0.2, -0.15) is 0 Å². The van der Waals surface area contributed by atoms with E-state index in [1.165, 1.54) is 11.7 Å². The van der Waals surface area contributed by atoms with Gasteiger partial charge in [0.05, 0.1) is 18.0 Å². The molecule has 1 aliphatic rings. The van der Waals surface area contributed by atoms with E-state index in [0.717, 1.165) is 0 Å². The lowest BCUT2D eigenvalue weighted by Crippen LogP contribution is -2.23. The SMILES string of the molecule is C=S1C(=O)NC(=O)C1c1ccc(OCc2nc3ccccc3c(=O)n2C)c(OC)c1. The molecule has 0 spiro atoms. The number of imide groups is 1. The number of benzene rings is 2. The standard InChI is InChI=1S/C21H19N3O5S/c1-24-17(22-14-7-5-4-6-13(14)20(24)26)11-29-15-9-8-12(10-16(15)28-2)18-19(25)23-21(27)30(18)3/h4-10,18H,3,11H2,1-2H3,(H,23,25,27). The molecule has 9 heteroatoms. The minimum atomic E-state index is -1.000. The molecule has 2 aromatic carbocycles. The van der Waals surface area contributed by atoms with E-state index in [1.807, 2.05) is 6.07 Å². The molecule has 8 nitrogen and oxygen atoms in total. The number of aromatic nitrogens is 2. The van der Waals surface area contributed by atoms with E-state index in [4.69, 9.17) is 9.47 Å². The van der Waals surface area contributed by atoms with Crippen LogP contribution in [0.2, 0.25) is 0 Å². The minimum Gasteiger partial charge on any atom is -0.493 e. The van der Waals surface area contributed by atoms with Gasteiger partial charge in [-0.05, 0) is 29.8 Å². The fourth-order valence-corrected chi connectivity index (χ4v) is 4.52. The average Bonchev–Trinajstić information content (AvgIpc) is 3.01. The number of carbonyl (C=O) groups is 2. The van der Waals surface area contributed by atoms with Gasteiger partial charge in [0, 0.05) is 7.05 Å². The van der Waals surface area contributed by atoms with Crippen LogP contribution in [0.15, 0.2) is 47.3 Å². The van der Waals surface area contributed by atoms with Crippen molar-refractivity contribution in [3.05, 3.63) is 64.2 Å². The number of hydrogen-bond acceptors (Lipinski definition) is 6. The number of fused-ring (bicyclic) bond motifs is 1. The van der Waals surface area contributed by atoms with Gasteiger partial charge in [-0.25, -0.2) is 4.98 Å². The number of methoxy groups -OCH3 is 1. The lowest BCUT2D eigenvalue weighted by atomic mass is 10.1. The van der Waals surface area contributed by atoms with Gasteiger partial charge in [-0.15, -0.1) is 0 Å². The van der Waals surface area contributed by atoms with Crippen molar-refractivity contribution in [2.75, 3.05) is 7.11 Å². The molecule has 30 heavy (non-hydrogen) atoms. The molecule has 2 amide bonds. The number of hydrogen-bond donors (Lipinski definition) is 1. The summed E-state index contributed by atoms with van der Waals surface area (Å²) in [5.41, 5.74) is 1.07. The van der Waals surface area contributed by atoms with Crippen LogP contribution in [0.25, 0.3) is 10.9 Å². The van der Waals surface area contributed by atoms with Gasteiger partial charge in [-0.3, -0.25) is 24.3 Å². The fourth-order valence-electron chi connectivity index (χ4n) is 3.29. The van der Waals surface area contributed by atoms with Crippen molar-refractivity contribution >= 4 is 38.4 Å². The molecule has 4 rings (SSSR count). The summed E-state index contributed by atoms with van der Waals surface area (Å²) in [7, 11) is 2.13. The monoisotopic (exact) mass is 425 g/mol. The Morgan fingerprint density at radius 1 is 1.17 bits per heavy atom. The number of amides is 2. The molecule has 2 atom stereocenters. The zero-order valence-corrected chi connectivity index (χ0v) is 17.2. The smallest absolute Gasteiger partial charge is 0.280 e. The van der Waals surface area contributed by atoms with Crippen LogP contribution < -0.4 is 20.3 Å². The Morgan fingerprint density at radius 3 is 2.63 bits per heavy atom. The lowest BCUT2D eigenvalue weighted by molar-refractivity contribution is -0.119. The average molecular weight is 425 g/mol. The molecule has 1 saturated heterocycles. The van der Waals surface area contributed by atoms with Crippen molar-refractivity contribution in [2.24, 2.45) is 7.05 Å². The maximum Gasteiger partial charge on any atom is 0.280 e. The van der Waals surface area contributed by atoms with Crippen LogP contribution in [0.3, 0.4) is 0 Å². The van der Waals surface area contributed by atoms with E-state index in [2.05, 4.69) is 16.2 Å². The normalized spacial score (nSPS) is 18.5. The first-order valence-electron chi connectivity index (χ1n) is 9.03. The third-order valence-electron chi connectivity index (χ3n) is 4.91. The third-order valence-corrected chi connectivity index (χ3v) is 6.54. The summed E-state index contributed by atoms with van der Waals surface area (Å²) in [6.07, 6.45) is 0. The summed E-state index contributed by atoms with van der Waals surface area (Å²) in [4.78, 5) is 40.9. The van der Waals surface area contributed by atoms with Crippen LogP contribution >= 0.6 is 10.5 Å². The Labute approximate surface area is 174 Å². The van der Waals surface area contributed by atoms with Crippen LogP contribution in [0, 0.1) is 0 Å². The molecule has 1 aliphatic heterocycles. The van der Waals surface area contributed by atoms with Crippen LogP contribution in [0.4, 0.5) is 4.79 Å². The molecule has 0 bridgehead atoms. The third kappa shape index (κ3) is 3.37. The van der Waals surface area contributed by atoms with Crippen LogP contribution in [-0.2, 0) is 18.4 Å². The summed E-state index contributed by atoms with van der Waals surface area (Å²) in [6, 6.07) is 12.2. The Hall–Kier alpha value is -3.46. The topological polar surface area (TPSA) is 99.5 Å². The van der Waals surface area contributed by atoms with E-state index in [0.29, 0.717) is 33.8 Å². The van der Waals surface area contributed by atoms with Crippen molar-refractivity contribution in [3.8, 4) is 11.5 Å². The van der Waals surface area contributed by atoms with Crippen molar-refractivity contribution < 1.29 is 19.1 Å². The van der Waals surface area contributed by atoms with Gasteiger partial charge < -0.3 is 9.47 Å². The van der Waals surface area contributed by atoms with Gasteiger partial charge in [-0.1, -0.05) is 34.6 Å². The maximum atomic E-state index is 12.5. The summed E-state index contributed by atoms with van der Waals surface area (Å²) in [5, 5.41) is 1.82. The summed E-state index contributed by atoms with van der Waals surface area (Å²) in [6.45, 7) is 0.0500. The number of rotatable bonds is 5. The summed E-state index contributed by atoms with van der Waals surface area (Å²) >= 11 is 0. The first kappa shape index (κ1) is 19.8. The Morgan fingerprint density at radius 2 is 1.93 bits per heavy atom. The largest absolute Gasteiger partial charge is 0.493 e. The molecule has 2 unspecified atom stereocenters. The molecular formula is C21H19N3O5S. The summed E-state index contributed by atoms with van der Waals surface area (Å²) < 4.78 is 12.7. The molecule has 2 heterocycles. The number of carbonyl (C=O) groups excluding carboxylic acids is 2. The van der Waals surface area contributed by atoms with Gasteiger partial charge in [0.25, 0.3) is 10.8 Å². The quantitative estimate of drug-likeness (QED) is 0.631. The zero-order valence-electron chi connectivity index (χ0n) is 16.4. The van der Waals surface area contributed by atoms with Crippen LogP contribution in [-0.4, -0.2) is 33.7 Å². The second-order valence-corrected chi connectivity index (χ2v) is 8.39. The van der Waals surface area contributed by atoms with Gasteiger partial charge >= 0.3 is 0 Å². The lowest BCUT2D eigenvalue weighted by Gasteiger charge is -2.15. The van der Waals surface area contributed by atoms with E-state index in [9.17, 15) is 14.4 Å². The highest BCUT2D eigenvalue weighted by molar-refractivity contribution is 8.28. The van der Waals surface area contributed by atoms with Crippen molar-refractivity contribution in [3.63, 3.8) is 0 Å². The second-order valence-electron chi connectivity index (χ2n) is 6.69. The van der Waals surface area contributed by atoms with Gasteiger partial charge in [0.1, 0.15) is 17.7 Å². The first-order chi connectivity index (χ1) is 14.4. The molecular weight excluding hydrogens is 406 g/mol. The number of nitrogens with zero attached hydrogens (tertiary/aromatic N) is 2. The zero-order chi connectivity index (χ0) is 21.4. The highest BCUT2D eigenvalue weighted by Gasteiger charge is 2.35. The number of ether oxygens (including phenoxy) is 2.